The Labute approximate surface area is 111 Å². The van der Waals surface area contributed by atoms with Crippen LogP contribution in [0.5, 0.6) is 0 Å². The Morgan fingerprint density at radius 1 is 1.11 bits per heavy atom. The molecule has 0 saturated heterocycles. The summed E-state index contributed by atoms with van der Waals surface area (Å²) < 4.78 is 0. The van der Waals surface area contributed by atoms with Crippen molar-refractivity contribution in [1.82, 2.24) is 4.90 Å². The third-order valence-electron chi connectivity index (χ3n) is 5.87. The standard InChI is InChI=1S/C16H26N2/c1-18(16-5-3-2-4-14(16)10-17)11-15-9-12-6-7-13(15)8-12/h12-16H,2-9,11H2,1H3. The fourth-order valence-corrected chi connectivity index (χ4v) is 4.89. The zero-order valence-corrected chi connectivity index (χ0v) is 11.6. The Bertz CT molecular complexity index is 332. The van der Waals surface area contributed by atoms with Gasteiger partial charge in [0.1, 0.15) is 0 Å². The summed E-state index contributed by atoms with van der Waals surface area (Å²) in [6.45, 7) is 1.25. The lowest BCUT2D eigenvalue weighted by molar-refractivity contribution is 0.120. The number of fused-ring (bicyclic) bond motifs is 2. The molecule has 0 heterocycles. The second kappa shape index (κ2) is 5.21. The SMILES string of the molecule is CN(CC1CC2CCC1C2)C1CCCCC1C#N. The lowest BCUT2D eigenvalue weighted by Crippen LogP contribution is -2.42. The first kappa shape index (κ1) is 12.5. The Balaban J connectivity index is 1.57. The molecule has 3 rings (SSSR count). The highest BCUT2D eigenvalue weighted by Gasteiger charge is 2.40. The molecule has 5 unspecified atom stereocenters. The number of nitriles is 1. The molecule has 0 aromatic rings. The second-order valence-electron chi connectivity index (χ2n) is 6.96. The van der Waals surface area contributed by atoms with Crippen LogP contribution in [0.15, 0.2) is 0 Å². The van der Waals surface area contributed by atoms with Gasteiger partial charge in [-0.05, 0) is 56.9 Å². The quantitative estimate of drug-likeness (QED) is 0.762. The van der Waals surface area contributed by atoms with Crippen LogP contribution < -0.4 is 0 Å². The summed E-state index contributed by atoms with van der Waals surface area (Å²) in [4.78, 5) is 2.54. The Kier molecular flexibility index (Phi) is 3.61. The molecule has 3 saturated carbocycles. The summed E-state index contributed by atoms with van der Waals surface area (Å²) in [5, 5.41) is 9.30. The minimum absolute atomic E-state index is 0.294. The van der Waals surface area contributed by atoms with Gasteiger partial charge in [0.05, 0.1) is 12.0 Å². The highest BCUT2D eigenvalue weighted by atomic mass is 15.1. The fourth-order valence-electron chi connectivity index (χ4n) is 4.89. The third-order valence-corrected chi connectivity index (χ3v) is 5.87. The van der Waals surface area contributed by atoms with E-state index in [-0.39, 0.29) is 0 Å². The van der Waals surface area contributed by atoms with Gasteiger partial charge in [-0.2, -0.15) is 5.26 Å². The van der Waals surface area contributed by atoms with Crippen LogP contribution in [0, 0.1) is 35.0 Å². The van der Waals surface area contributed by atoms with E-state index in [0.29, 0.717) is 12.0 Å². The van der Waals surface area contributed by atoms with Crippen LogP contribution in [0.25, 0.3) is 0 Å². The molecule has 5 atom stereocenters. The molecule has 0 radical (unpaired) electrons. The Morgan fingerprint density at radius 3 is 2.61 bits per heavy atom. The summed E-state index contributed by atoms with van der Waals surface area (Å²) >= 11 is 0. The van der Waals surface area contributed by atoms with Gasteiger partial charge in [0, 0.05) is 12.6 Å². The topological polar surface area (TPSA) is 27.0 Å². The van der Waals surface area contributed by atoms with Crippen LogP contribution in [0.2, 0.25) is 0 Å². The van der Waals surface area contributed by atoms with Gasteiger partial charge in [0.15, 0.2) is 0 Å². The van der Waals surface area contributed by atoms with Crippen LogP contribution in [-0.2, 0) is 0 Å². The molecule has 3 fully saturated rings. The first-order valence-corrected chi connectivity index (χ1v) is 7.87. The van der Waals surface area contributed by atoms with Crippen molar-refractivity contribution in [2.45, 2.75) is 57.4 Å². The molecular formula is C16H26N2. The Hall–Kier alpha value is -0.550. The van der Waals surface area contributed by atoms with Crippen molar-refractivity contribution >= 4 is 0 Å². The molecule has 3 aliphatic rings. The van der Waals surface area contributed by atoms with Crippen molar-refractivity contribution in [1.29, 1.82) is 5.26 Å². The zero-order valence-electron chi connectivity index (χ0n) is 11.6. The molecule has 0 N–H and O–H groups in total. The highest BCUT2D eigenvalue weighted by molar-refractivity contribution is 4.97. The van der Waals surface area contributed by atoms with E-state index >= 15 is 0 Å². The predicted molar refractivity (Wildman–Crippen MR) is 72.9 cm³/mol. The molecule has 0 spiro atoms. The largest absolute Gasteiger partial charge is 0.302 e. The summed E-state index contributed by atoms with van der Waals surface area (Å²) in [6, 6.07) is 3.10. The number of hydrogen-bond donors (Lipinski definition) is 0. The summed E-state index contributed by atoms with van der Waals surface area (Å²) in [7, 11) is 2.27. The van der Waals surface area contributed by atoms with Gasteiger partial charge in [-0.25, -0.2) is 0 Å². The highest BCUT2D eigenvalue weighted by Crippen LogP contribution is 2.48. The maximum Gasteiger partial charge on any atom is 0.0672 e. The van der Waals surface area contributed by atoms with E-state index in [1.807, 2.05) is 0 Å². The zero-order chi connectivity index (χ0) is 12.5. The van der Waals surface area contributed by atoms with Gasteiger partial charge >= 0.3 is 0 Å². The lowest BCUT2D eigenvalue weighted by atomic mass is 9.83. The van der Waals surface area contributed by atoms with E-state index in [1.165, 1.54) is 51.5 Å². The minimum atomic E-state index is 0.294. The van der Waals surface area contributed by atoms with Gasteiger partial charge in [0.2, 0.25) is 0 Å². The second-order valence-corrected chi connectivity index (χ2v) is 6.96. The fraction of sp³-hybridized carbons (Fsp3) is 0.938. The smallest absolute Gasteiger partial charge is 0.0672 e. The maximum atomic E-state index is 9.30. The minimum Gasteiger partial charge on any atom is -0.302 e. The third kappa shape index (κ3) is 2.30. The summed E-state index contributed by atoms with van der Waals surface area (Å²) in [5.74, 6) is 3.30. The van der Waals surface area contributed by atoms with E-state index in [1.54, 1.807) is 0 Å². The molecular weight excluding hydrogens is 220 g/mol. The predicted octanol–water partition coefficient (Wildman–Crippen LogP) is 3.44. The molecule has 100 valence electrons. The molecule has 2 heteroatoms. The molecule has 0 aliphatic heterocycles. The van der Waals surface area contributed by atoms with Crippen molar-refractivity contribution in [3.05, 3.63) is 0 Å². The normalized spacial score (nSPS) is 43.3. The van der Waals surface area contributed by atoms with Gasteiger partial charge < -0.3 is 4.90 Å². The number of nitrogens with zero attached hydrogens (tertiary/aromatic N) is 2. The molecule has 2 nitrogen and oxygen atoms in total. The molecule has 0 aromatic heterocycles. The first-order chi connectivity index (χ1) is 8.78. The monoisotopic (exact) mass is 246 g/mol. The lowest BCUT2D eigenvalue weighted by Gasteiger charge is -2.37. The summed E-state index contributed by atoms with van der Waals surface area (Å²) in [6.07, 6.45) is 10.9. The van der Waals surface area contributed by atoms with E-state index in [0.717, 1.165) is 24.2 Å². The van der Waals surface area contributed by atoms with Crippen LogP contribution in [0.3, 0.4) is 0 Å². The van der Waals surface area contributed by atoms with Crippen molar-refractivity contribution in [3.63, 3.8) is 0 Å². The van der Waals surface area contributed by atoms with Gasteiger partial charge in [0.25, 0.3) is 0 Å². The van der Waals surface area contributed by atoms with Gasteiger partial charge in [-0.15, -0.1) is 0 Å². The molecule has 0 aromatic carbocycles. The molecule has 3 aliphatic carbocycles. The van der Waals surface area contributed by atoms with Crippen molar-refractivity contribution < 1.29 is 0 Å². The summed E-state index contributed by atoms with van der Waals surface area (Å²) in [5.41, 5.74) is 0. The van der Waals surface area contributed by atoms with Crippen molar-refractivity contribution in [3.8, 4) is 6.07 Å². The average Bonchev–Trinajstić information content (AvgIpc) is 3.01. The molecule has 18 heavy (non-hydrogen) atoms. The average molecular weight is 246 g/mol. The van der Waals surface area contributed by atoms with E-state index < -0.39 is 0 Å². The number of hydrogen-bond acceptors (Lipinski definition) is 2. The van der Waals surface area contributed by atoms with E-state index in [4.69, 9.17) is 0 Å². The Morgan fingerprint density at radius 2 is 1.94 bits per heavy atom. The van der Waals surface area contributed by atoms with Crippen LogP contribution in [0.4, 0.5) is 0 Å². The van der Waals surface area contributed by atoms with Gasteiger partial charge in [-0.1, -0.05) is 19.3 Å². The molecule has 0 amide bonds. The van der Waals surface area contributed by atoms with Crippen LogP contribution in [-0.4, -0.2) is 24.5 Å². The number of rotatable bonds is 3. The van der Waals surface area contributed by atoms with E-state index in [9.17, 15) is 5.26 Å². The van der Waals surface area contributed by atoms with Gasteiger partial charge in [-0.3, -0.25) is 0 Å². The van der Waals surface area contributed by atoms with Crippen LogP contribution in [0.1, 0.15) is 51.4 Å². The van der Waals surface area contributed by atoms with E-state index in [2.05, 4.69) is 18.0 Å². The van der Waals surface area contributed by atoms with Crippen molar-refractivity contribution in [2.75, 3.05) is 13.6 Å². The van der Waals surface area contributed by atoms with Crippen molar-refractivity contribution in [2.24, 2.45) is 23.7 Å². The van der Waals surface area contributed by atoms with Crippen LogP contribution >= 0.6 is 0 Å². The molecule has 2 bridgehead atoms. The first-order valence-electron chi connectivity index (χ1n) is 7.87. The maximum absolute atomic E-state index is 9.30.